The summed E-state index contributed by atoms with van der Waals surface area (Å²) >= 11 is 1.69. The molecule has 1 amide bonds. The highest BCUT2D eigenvalue weighted by atomic mass is 32.1. The van der Waals surface area contributed by atoms with Gasteiger partial charge in [-0.1, -0.05) is 12.1 Å². The number of methoxy groups -OCH3 is 1. The Bertz CT molecular complexity index is 997. The Morgan fingerprint density at radius 3 is 2.58 bits per heavy atom. The van der Waals surface area contributed by atoms with Crippen molar-refractivity contribution in [1.82, 2.24) is 14.8 Å². The molecule has 1 atom stereocenters. The van der Waals surface area contributed by atoms with E-state index in [1.165, 1.54) is 0 Å². The average molecular weight is 486 g/mol. The zero-order chi connectivity index (χ0) is 24.2. The molecule has 1 unspecified atom stereocenters. The Hall–Kier alpha value is -2.66. The lowest BCUT2D eigenvalue weighted by molar-refractivity contribution is -0.192. The zero-order valence-electron chi connectivity index (χ0n) is 18.4. The lowest BCUT2D eigenvalue weighted by Gasteiger charge is -2.23. The number of ether oxygens (including phenoxy) is 1. The van der Waals surface area contributed by atoms with Crippen LogP contribution in [0.2, 0.25) is 0 Å². The number of rotatable bonds is 5. The minimum Gasteiger partial charge on any atom is -0.497 e. The highest BCUT2D eigenvalue weighted by Crippen LogP contribution is 2.41. The van der Waals surface area contributed by atoms with Crippen LogP contribution in [-0.2, 0) is 22.7 Å². The average Bonchev–Trinajstić information content (AvgIpc) is 3.44. The molecule has 1 aromatic heterocycles. The molecular weight excluding hydrogens is 459 g/mol. The van der Waals surface area contributed by atoms with E-state index in [1.807, 2.05) is 30.0 Å². The number of alkyl halides is 3. The number of aryl methyl sites for hydroxylation is 1. The first kappa shape index (κ1) is 25.0. The van der Waals surface area contributed by atoms with Gasteiger partial charge in [0.1, 0.15) is 5.75 Å². The number of aromatic nitrogens is 1. The number of carbonyl (C=O) groups excluding carboxylic acids is 1. The van der Waals surface area contributed by atoms with Crippen molar-refractivity contribution in [2.75, 3.05) is 26.7 Å². The topological polar surface area (TPSA) is 83.0 Å². The fraction of sp³-hybridized carbons (Fsp3) is 0.500. The van der Waals surface area contributed by atoms with Crippen LogP contribution in [0.3, 0.4) is 0 Å². The normalized spacial score (nSPS) is 20.8. The lowest BCUT2D eigenvalue weighted by atomic mass is 9.85. The molecular formula is C22H26F3N3O4S. The molecule has 0 saturated carbocycles. The van der Waals surface area contributed by atoms with E-state index in [2.05, 4.69) is 21.3 Å². The summed E-state index contributed by atoms with van der Waals surface area (Å²) in [5.74, 6) is -1.60. The van der Waals surface area contributed by atoms with Crippen LogP contribution in [0.1, 0.15) is 29.1 Å². The van der Waals surface area contributed by atoms with Gasteiger partial charge < -0.3 is 14.7 Å². The molecule has 33 heavy (non-hydrogen) atoms. The Kier molecular flexibility index (Phi) is 7.63. The van der Waals surface area contributed by atoms with Gasteiger partial charge in [-0.05, 0) is 44.0 Å². The molecule has 2 aliphatic rings. The van der Waals surface area contributed by atoms with Gasteiger partial charge >= 0.3 is 12.1 Å². The molecule has 1 spiro atoms. The minimum atomic E-state index is -5.08. The Labute approximate surface area is 193 Å². The van der Waals surface area contributed by atoms with Crippen LogP contribution in [0.5, 0.6) is 5.75 Å². The molecule has 7 nitrogen and oxygen atoms in total. The van der Waals surface area contributed by atoms with Gasteiger partial charge in [0.2, 0.25) is 5.91 Å². The van der Waals surface area contributed by atoms with Crippen LogP contribution in [0, 0.1) is 12.3 Å². The summed E-state index contributed by atoms with van der Waals surface area (Å²) in [7, 11) is 1.67. The highest BCUT2D eigenvalue weighted by Gasteiger charge is 2.50. The first-order valence-corrected chi connectivity index (χ1v) is 11.3. The van der Waals surface area contributed by atoms with Crippen LogP contribution in [0.25, 0.3) is 0 Å². The first-order chi connectivity index (χ1) is 15.5. The largest absolute Gasteiger partial charge is 0.497 e. The number of carbonyl (C=O) groups is 2. The summed E-state index contributed by atoms with van der Waals surface area (Å²) in [4.78, 5) is 31.0. The maximum Gasteiger partial charge on any atom is 0.490 e. The number of nitrogens with zero attached hydrogens (tertiary/aromatic N) is 3. The van der Waals surface area contributed by atoms with Crippen molar-refractivity contribution >= 4 is 23.2 Å². The van der Waals surface area contributed by atoms with E-state index in [1.54, 1.807) is 18.4 Å². The molecule has 4 rings (SSSR count). The predicted octanol–water partition coefficient (Wildman–Crippen LogP) is 3.72. The third kappa shape index (κ3) is 6.23. The molecule has 3 heterocycles. The number of carboxylic acid groups (broad SMARTS) is 1. The summed E-state index contributed by atoms with van der Waals surface area (Å²) in [6.45, 7) is 6.25. The van der Waals surface area contributed by atoms with Gasteiger partial charge in [-0.2, -0.15) is 13.2 Å². The van der Waals surface area contributed by atoms with Gasteiger partial charge in [0.25, 0.3) is 0 Å². The second-order valence-corrected chi connectivity index (χ2v) is 9.29. The van der Waals surface area contributed by atoms with Gasteiger partial charge in [0.15, 0.2) is 0 Å². The molecule has 1 N–H and O–H groups in total. The van der Waals surface area contributed by atoms with Crippen LogP contribution < -0.4 is 4.74 Å². The number of carboxylic acids is 1. The van der Waals surface area contributed by atoms with Crippen molar-refractivity contribution in [3.63, 3.8) is 0 Å². The molecule has 0 aliphatic carbocycles. The van der Waals surface area contributed by atoms with Crippen molar-refractivity contribution in [3.05, 3.63) is 45.9 Å². The molecule has 2 saturated heterocycles. The monoisotopic (exact) mass is 485 g/mol. The second-order valence-electron chi connectivity index (χ2n) is 8.23. The van der Waals surface area contributed by atoms with Gasteiger partial charge in [-0.15, -0.1) is 11.3 Å². The molecule has 0 bridgehead atoms. The van der Waals surface area contributed by atoms with Crippen LogP contribution in [-0.4, -0.2) is 64.7 Å². The summed E-state index contributed by atoms with van der Waals surface area (Å²) in [5, 5.41) is 10.4. The second kappa shape index (κ2) is 10.1. The lowest BCUT2D eigenvalue weighted by Crippen LogP contribution is -2.36. The molecule has 2 aromatic rings. The first-order valence-electron chi connectivity index (χ1n) is 10.4. The number of amides is 1. The van der Waals surface area contributed by atoms with E-state index in [-0.39, 0.29) is 5.41 Å². The van der Waals surface area contributed by atoms with Crippen LogP contribution in [0.15, 0.2) is 29.6 Å². The fourth-order valence-corrected chi connectivity index (χ4v) is 4.82. The van der Waals surface area contributed by atoms with Crippen molar-refractivity contribution in [1.29, 1.82) is 0 Å². The molecule has 1 aromatic carbocycles. The smallest absolute Gasteiger partial charge is 0.490 e. The number of halogens is 3. The van der Waals surface area contributed by atoms with E-state index in [0.29, 0.717) is 12.5 Å². The fourth-order valence-electron chi connectivity index (χ4n) is 4.22. The van der Waals surface area contributed by atoms with E-state index in [4.69, 9.17) is 14.6 Å². The van der Waals surface area contributed by atoms with E-state index < -0.39 is 12.1 Å². The number of hydrogen-bond acceptors (Lipinski definition) is 6. The van der Waals surface area contributed by atoms with Crippen LogP contribution >= 0.6 is 11.3 Å². The Balaban J connectivity index is 0.000000383. The van der Waals surface area contributed by atoms with Crippen LogP contribution in [0.4, 0.5) is 13.2 Å². The summed E-state index contributed by atoms with van der Waals surface area (Å²) in [5.41, 5.74) is 2.06. The SMILES string of the molecule is COc1cccc(CN2CCC3(CCN(Cc4csc(C)n4)C3)C2=O)c1.O=C(O)C(F)(F)F. The number of likely N-dealkylation sites (tertiary alicyclic amines) is 2. The minimum absolute atomic E-state index is 0.191. The molecule has 11 heteroatoms. The van der Waals surface area contributed by atoms with Crippen molar-refractivity contribution in [2.45, 2.75) is 39.0 Å². The third-order valence-corrected chi connectivity index (χ3v) is 6.66. The van der Waals surface area contributed by atoms with E-state index >= 15 is 0 Å². The number of thiazole rings is 1. The molecule has 180 valence electrons. The van der Waals surface area contributed by atoms with Gasteiger partial charge in [-0.3, -0.25) is 9.69 Å². The quantitative estimate of drug-likeness (QED) is 0.695. The van der Waals surface area contributed by atoms with Gasteiger partial charge in [0, 0.05) is 31.6 Å². The summed E-state index contributed by atoms with van der Waals surface area (Å²) < 4.78 is 37.0. The standard InChI is InChI=1S/C20H25N3O2S.C2HF3O2/c1-15-21-17(13-26-15)12-22-8-6-20(14-22)7-9-23(19(20)24)11-16-4-3-5-18(10-16)25-2;3-2(4,5)1(6)7/h3-5,10,13H,6-9,11-12,14H2,1-2H3;(H,6,7). The van der Waals surface area contributed by atoms with Crippen molar-refractivity contribution in [3.8, 4) is 5.75 Å². The third-order valence-electron chi connectivity index (χ3n) is 5.84. The summed E-state index contributed by atoms with van der Waals surface area (Å²) in [6, 6.07) is 8.00. The van der Waals surface area contributed by atoms with E-state index in [9.17, 15) is 18.0 Å². The summed E-state index contributed by atoms with van der Waals surface area (Å²) in [6.07, 6.45) is -3.16. The number of hydrogen-bond donors (Lipinski definition) is 1. The Morgan fingerprint density at radius 1 is 1.27 bits per heavy atom. The maximum absolute atomic E-state index is 13.1. The van der Waals surface area contributed by atoms with Crippen molar-refractivity contribution < 1.29 is 32.6 Å². The zero-order valence-corrected chi connectivity index (χ0v) is 19.2. The predicted molar refractivity (Wildman–Crippen MR) is 116 cm³/mol. The highest BCUT2D eigenvalue weighted by molar-refractivity contribution is 7.09. The molecule has 0 radical (unpaired) electrons. The van der Waals surface area contributed by atoms with Gasteiger partial charge in [-0.25, -0.2) is 9.78 Å². The molecule has 2 aliphatic heterocycles. The Morgan fingerprint density at radius 2 is 1.97 bits per heavy atom. The number of benzene rings is 1. The maximum atomic E-state index is 13.1. The molecule has 2 fully saturated rings. The van der Waals surface area contributed by atoms with Crippen molar-refractivity contribution in [2.24, 2.45) is 5.41 Å². The van der Waals surface area contributed by atoms with E-state index in [0.717, 1.165) is 61.0 Å². The number of aliphatic carboxylic acids is 1. The van der Waals surface area contributed by atoms with Gasteiger partial charge in [0.05, 0.1) is 23.2 Å².